The van der Waals surface area contributed by atoms with Crippen molar-refractivity contribution >= 4 is 34.5 Å². The molecular formula is C15H18INO3. The van der Waals surface area contributed by atoms with Gasteiger partial charge in [0.05, 0.1) is 6.42 Å². The van der Waals surface area contributed by atoms with Crippen LogP contribution in [0, 0.1) is 9.49 Å². The number of amides is 1. The topological polar surface area (TPSA) is 57.6 Å². The first kappa shape index (κ1) is 15.3. The number of carboxylic acid groups (broad SMARTS) is 1. The molecule has 1 aliphatic heterocycles. The van der Waals surface area contributed by atoms with Gasteiger partial charge in [-0.05, 0) is 59.0 Å². The summed E-state index contributed by atoms with van der Waals surface area (Å²) in [6.07, 6.45) is 2.24. The maximum atomic E-state index is 12.2. The summed E-state index contributed by atoms with van der Waals surface area (Å²) < 4.78 is 1.13. The summed E-state index contributed by atoms with van der Waals surface area (Å²) >= 11 is 2.24. The van der Waals surface area contributed by atoms with Crippen LogP contribution < -0.4 is 0 Å². The number of hydrogen-bond donors (Lipinski definition) is 1. The van der Waals surface area contributed by atoms with Crippen LogP contribution in [0.15, 0.2) is 24.3 Å². The fraction of sp³-hybridized carbons (Fsp3) is 0.467. The number of hydrogen-bond acceptors (Lipinski definition) is 2. The molecule has 0 aromatic heterocycles. The molecule has 0 bridgehead atoms. The number of benzene rings is 1. The summed E-state index contributed by atoms with van der Waals surface area (Å²) in [7, 11) is 0. The third kappa shape index (κ3) is 4.47. The quantitative estimate of drug-likeness (QED) is 0.808. The smallest absolute Gasteiger partial charge is 0.303 e. The lowest BCUT2D eigenvalue weighted by molar-refractivity contribution is -0.138. The molecule has 1 aromatic rings. The lowest BCUT2D eigenvalue weighted by Crippen LogP contribution is -2.39. The molecule has 0 unspecified atom stereocenters. The molecule has 0 atom stereocenters. The molecule has 1 saturated heterocycles. The average Bonchev–Trinajstić information content (AvgIpc) is 2.38. The molecular weight excluding hydrogens is 369 g/mol. The van der Waals surface area contributed by atoms with Crippen LogP contribution in [0.1, 0.15) is 24.8 Å². The number of carboxylic acids is 1. The summed E-state index contributed by atoms with van der Waals surface area (Å²) in [6.45, 7) is 1.36. The molecule has 0 saturated carbocycles. The van der Waals surface area contributed by atoms with Crippen molar-refractivity contribution in [3.63, 3.8) is 0 Å². The van der Waals surface area contributed by atoms with Gasteiger partial charge < -0.3 is 10.0 Å². The lowest BCUT2D eigenvalue weighted by atomic mass is 9.93. The van der Waals surface area contributed by atoms with Crippen LogP contribution in [0.25, 0.3) is 0 Å². The Morgan fingerprint density at radius 3 is 2.60 bits per heavy atom. The molecule has 4 nitrogen and oxygen atoms in total. The van der Waals surface area contributed by atoms with Crippen LogP contribution in [0.4, 0.5) is 0 Å². The molecule has 0 spiro atoms. The molecule has 0 radical (unpaired) electrons. The Morgan fingerprint density at radius 2 is 2.00 bits per heavy atom. The third-order valence-corrected chi connectivity index (χ3v) is 4.35. The Bertz CT molecular complexity index is 496. The van der Waals surface area contributed by atoms with Gasteiger partial charge in [-0.25, -0.2) is 0 Å². The Morgan fingerprint density at radius 1 is 1.30 bits per heavy atom. The largest absolute Gasteiger partial charge is 0.481 e. The van der Waals surface area contributed by atoms with Crippen LogP contribution in [-0.4, -0.2) is 35.0 Å². The van der Waals surface area contributed by atoms with Crippen molar-refractivity contribution in [3.8, 4) is 0 Å². The van der Waals surface area contributed by atoms with Crippen molar-refractivity contribution in [1.82, 2.24) is 4.90 Å². The van der Waals surface area contributed by atoms with Crippen LogP contribution in [0.3, 0.4) is 0 Å². The maximum absolute atomic E-state index is 12.2. The molecule has 1 aromatic carbocycles. The van der Waals surface area contributed by atoms with E-state index in [-0.39, 0.29) is 18.2 Å². The van der Waals surface area contributed by atoms with Crippen molar-refractivity contribution in [1.29, 1.82) is 0 Å². The second-order valence-corrected chi connectivity index (χ2v) is 6.47. The standard InChI is InChI=1S/C15H18INO3/c16-13-3-1-2-12(8-13)9-14(18)17-6-4-11(5-7-17)10-15(19)20/h1-3,8,11H,4-7,9-10H2,(H,19,20). The Hall–Kier alpha value is -1.11. The molecule has 0 aliphatic carbocycles. The van der Waals surface area contributed by atoms with E-state index in [1.54, 1.807) is 0 Å². The highest BCUT2D eigenvalue weighted by molar-refractivity contribution is 14.1. The van der Waals surface area contributed by atoms with Gasteiger partial charge in [0, 0.05) is 23.1 Å². The molecule has 2 rings (SSSR count). The first-order chi connectivity index (χ1) is 9.54. The van der Waals surface area contributed by atoms with Crippen molar-refractivity contribution in [2.24, 2.45) is 5.92 Å². The predicted octanol–water partition coefficient (Wildman–Crippen LogP) is 2.55. The van der Waals surface area contributed by atoms with Gasteiger partial charge in [-0.3, -0.25) is 9.59 Å². The first-order valence-electron chi connectivity index (χ1n) is 6.78. The molecule has 1 fully saturated rings. The van der Waals surface area contributed by atoms with Gasteiger partial charge in [-0.2, -0.15) is 0 Å². The van der Waals surface area contributed by atoms with Crippen molar-refractivity contribution in [2.45, 2.75) is 25.7 Å². The van der Waals surface area contributed by atoms with Gasteiger partial charge in [0.2, 0.25) is 5.91 Å². The van der Waals surface area contributed by atoms with E-state index in [1.165, 1.54) is 0 Å². The SMILES string of the molecule is O=C(O)CC1CCN(C(=O)Cc2cccc(I)c2)CC1. The van der Waals surface area contributed by atoms with Crippen molar-refractivity contribution in [2.75, 3.05) is 13.1 Å². The lowest BCUT2D eigenvalue weighted by Gasteiger charge is -2.31. The van der Waals surface area contributed by atoms with Crippen LogP contribution in [-0.2, 0) is 16.0 Å². The number of rotatable bonds is 4. The summed E-state index contributed by atoms with van der Waals surface area (Å²) in [5.74, 6) is -0.386. The zero-order valence-corrected chi connectivity index (χ0v) is 13.4. The molecule has 1 amide bonds. The van der Waals surface area contributed by atoms with Crippen LogP contribution >= 0.6 is 22.6 Å². The Kier molecular flexibility index (Phi) is 5.39. The Balaban J connectivity index is 1.84. The first-order valence-corrected chi connectivity index (χ1v) is 7.86. The average molecular weight is 387 g/mol. The van der Waals surface area contributed by atoms with E-state index < -0.39 is 5.97 Å². The number of halogens is 1. The van der Waals surface area contributed by atoms with E-state index in [9.17, 15) is 9.59 Å². The van der Waals surface area contributed by atoms with E-state index in [4.69, 9.17) is 5.11 Å². The molecule has 5 heteroatoms. The maximum Gasteiger partial charge on any atom is 0.303 e. The van der Waals surface area contributed by atoms with Gasteiger partial charge in [0.15, 0.2) is 0 Å². The summed E-state index contributed by atoms with van der Waals surface area (Å²) in [4.78, 5) is 24.7. The number of piperidine rings is 1. The number of carbonyl (C=O) groups excluding carboxylic acids is 1. The number of aliphatic carboxylic acids is 1. The van der Waals surface area contributed by atoms with Gasteiger partial charge >= 0.3 is 5.97 Å². The van der Waals surface area contributed by atoms with Crippen molar-refractivity contribution < 1.29 is 14.7 Å². The molecule has 1 N–H and O–H groups in total. The number of carbonyl (C=O) groups is 2. The molecule has 1 heterocycles. The van der Waals surface area contributed by atoms with E-state index in [1.807, 2.05) is 29.2 Å². The predicted molar refractivity (Wildman–Crippen MR) is 84.4 cm³/mol. The third-order valence-electron chi connectivity index (χ3n) is 3.67. The number of nitrogens with zero attached hydrogens (tertiary/aromatic N) is 1. The summed E-state index contributed by atoms with van der Waals surface area (Å²) in [6, 6.07) is 7.96. The second-order valence-electron chi connectivity index (χ2n) is 5.23. The van der Waals surface area contributed by atoms with Gasteiger partial charge in [-0.1, -0.05) is 12.1 Å². The van der Waals surface area contributed by atoms with Gasteiger partial charge in [-0.15, -0.1) is 0 Å². The highest BCUT2D eigenvalue weighted by Crippen LogP contribution is 2.21. The minimum Gasteiger partial charge on any atom is -0.481 e. The monoisotopic (exact) mass is 387 g/mol. The van der Waals surface area contributed by atoms with Crippen LogP contribution in [0.2, 0.25) is 0 Å². The van der Waals surface area contributed by atoms with E-state index in [0.717, 1.165) is 22.0 Å². The minimum absolute atomic E-state index is 0.140. The van der Waals surface area contributed by atoms with E-state index in [0.29, 0.717) is 19.5 Å². The minimum atomic E-state index is -0.742. The molecule has 108 valence electrons. The highest BCUT2D eigenvalue weighted by atomic mass is 127. The highest BCUT2D eigenvalue weighted by Gasteiger charge is 2.24. The van der Waals surface area contributed by atoms with Crippen molar-refractivity contribution in [3.05, 3.63) is 33.4 Å². The zero-order valence-electron chi connectivity index (χ0n) is 11.2. The van der Waals surface area contributed by atoms with Crippen LogP contribution in [0.5, 0.6) is 0 Å². The second kappa shape index (κ2) is 7.06. The number of likely N-dealkylation sites (tertiary alicyclic amines) is 1. The van der Waals surface area contributed by atoms with E-state index in [2.05, 4.69) is 22.6 Å². The zero-order chi connectivity index (χ0) is 14.5. The summed E-state index contributed by atoms with van der Waals surface area (Å²) in [5, 5.41) is 8.78. The summed E-state index contributed by atoms with van der Waals surface area (Å²) in [5.41, 5.74) is 1.04. The van der Waals surface area contributed by atoms with E-state index >= 15 is 0 Å². The fourth-order valence-corrected chi connectivity index (χ4v) is 3.17. The molecule has 1 aliphatic rings. The normalized spacial score (nSPS) is 16.1. The molecule has 20 heavy (non-hydrogen) atoms. The van der Waals surface area contributed by atoms with Gasteiger partial charge in [0.25, 0.3) is 0 Å². The Labute approximate surface area is 132 Å². The fourth-order valence-electron chi connectivity index (χ4n) is 2.57. The van der Waals surface area contributed by atoms with Gasteiger partial charge in [0.1, 0.15) is 0 Å².